The van der Waals surface area contributed by atoms with Gasteiger partial charge < -0.3 is 26.8 Å². The SMILES string of the molecule is CCC(C)C(NC(=O)C(NC(=O)C(Cc1ccccc1)NC(=O)C(N)Cc1ccccc1)C(C)CC)C(=O)O. The molecule has 6 unspecified atom stereocenters. The average Bonchev–Trinajstić information content (AvgIpc) is 2.93. The zero-order valence-corrected chi connectivity index (χ0v) is 23.2. The maximum atomic E-state index is 13.5. The van der Waals surface area contributed by atoms with Crippen LogP contribution in [0.25, 0.3) is 0 Å². The van der Waals surface area contributed by atoms with Gasteiger partial charge in [0.1, 0.15) is 18.1 Å². The first kappa shape index (κ1) is 31.5. The van der Waals surface area contributed by atoms with Gasteiger partial charge in [-0.2, -0.15) is 0 Å². The van der Waals surface area contributed by atoms with Crippen molar-refractivity contribution in [1.29, 1.82) is 0 Å². The molecular weight excluding hydrogens is 496 g/mol. The summed E-state index contributed by atoms with van der Waals surface area (Å²) in [6, 6.07) is 14.6. The van der Waals surface area contributed by atoms with Crippen LogP contribution in [0.2, 0.25) is 0 Å². The molecule has 0 heterocycles. The van der Waals surface area contributed by atoms with Crippen LogP contribution >= 0.6 is 0 Å². The minimum atomic E-state index is -1.13. The van der Waals surface area contributed by atoms with Gasteiger partial charge in [-0.1, -0.05) is 101 Å². The number of nitrogens with two attached hydrogens (primary N) is 1. The van der Waals surface area contributed by atoms with E-state index < -0.39 is 47.9 Å². The number of carbonyl (C=O) groups is 4. The maximum absolute atomic E-state index is 13.5. The van der Waals surface area contributed by atoms with Gasteiger partial charge in [-0.3, -0.25) is 14.4 Å². The van der Waals surface area contributed by atoms with Crippen LogP contribution in [-0.4, -0.2) is 53.0 Å². The monoisotopic (exact) mass is 538 g/mol. The quantitative estimate of drug-likeness (QED) is 0.235. The summed E-state index contributed by atoms with van der Waals surface area (Å²) in [5.74, 6) is -3.31. The van der Waals surface area contributed by atoms with Crippen LogP contribution in [0.15, 0.2) is 60.7 Å². The van der Waals surface area contributed by atoms with Crippen LogP contribution in [0.5, 0.6) is 0 Å². The summed E-state index contributed by atoms with van der Waals surface area (Å²) in [4.78, 5) is 51.6. The lowest BCUT2D eigenvalue weighted by molar-refractivity contribution is -0.144. The molecule has 0 bridgehead atoms. The molecule has 0 aliphatic carbocycles. The molecule has 0 aliphatic rings. The van der Waals surface area contributed by atoms with E-state index >= 15 is 0 Å². The topological polar surface area (TPSA) is 151 Å². The van der Waals surface area contributed by atoms with Crippen LogP contribution in [0.4, 0.5) is 0 Å². The predicted octanol–water partition coefficient (Wildman–Crippen LogP) is 2.43. The standard InChI is InChI=1S/C30H42N4O5/c1-5-19(3)25(29(37)34-26(30(38)39)20(4)6-2)33-28(36)24(18-22-15-11-8-12-16-22)32-27(35)23(31)17-21-13-9-7-10-14-21/h7-16,19-20,23-26H,5-6,17-18,31H2,1-4H3,(H,32,35)(H,33,36)(H,34,37)(H,38,39). The fraction of sp³-hybridized carbons (Fsp3) is 0.467. The minimum absolute atomic E-state index is 0.190. The van der Waals surface area contributed by atoms with E-state index in [-0.39, 0.29) is 18.3 Å². The number of carbonyl (C=O) groups excluding carboxylic acids is 3. The molecule has 212 valence electrons. The molecule has 39 heavy (non-hydrogen) atoms. The van der Waals surface area contributed by atoms with E-state index in [1.165, 1.54) is 0 Å². The molecule has 3 amide bonds. The van der Waals surface area contributed by atoms with Crippen molar-refractivity contribution in [2.75, 3.05) is 0 Å². The average molecular weight is 539 g/mol. The number of hydrogen-bond acceptors (Lipinski definition) is 5. The molecule has 0 aromatic heterocycles. The van der Waals surface area contributed by atoms with E-state index in [1.54, 1.807) is 6.92 Å². The van der Waals surface area contributed by atoms with Crippen LogP contribution in [0.3, 0.4) is 0 Å². The number of benzene rings is 2. The van der Waals surface area contributed by atoms with E-state index in [0.717, 1.165) is 11.1 Å². The fourth-order valence-corrected chi connectivity index (χ4v) is 4.18. The summed E-state index contributed by atoms with van der Waals surface area (Å²) in [7, 11) is 0. The Morgan fingerprint density at radius 3 is 1.64 bits per heavy atom. The van der Waals surface area contributed by atoms with E-state index in [1.807, 2.05) is 81.4 Å². The van der Waals surface area contributed by atoms with Gasteiger partial charge in [-0.05, 0) is 29.4 Å². The van der Waals surface area contributed by atoms with Gasteiger partial charge >= 0.3 is 5.97 Å². The molecule has 0 spiro atoms. The second-order valence-electron chi connectivity index (χ2n) is 10.1. The first-order valence-corrected chi connectivity index (χ1v) is 13.5. The molecule has 0 saturated heterocycles. The van der Waals surface area contributed by atoms with Crippen molar-refractivity contribution in [1.82, 2.24) is 16.0 Å². The highest BCUT2D eigenvalue weighted by atomic mass is 16.4. The Bertz CT molecular complexity index is 1080. The minimum Gasteiger partial charge on any atom is -0.480 e. The van der Waals surface area contributed by atoms with Crippen LogP contribution < -0.4 is 21.7 Å². The summed E-state index contributed by atoms with van der Waals surface area (Å²) < 4.78 is 0. The Kier molecular flexibility index (Phi) is 12.6. The zero-order chi connectivity index (χ0) is 28.9. The maximum Gasteiger partial charge on any atom is 0.326 e. The number of nitrogens with one attached hydrogen (secondary N) is 3. The molecule has 9 nitrogen and oxygen atoms in total. The van der Waals surface area contributed by atoms with Gasteiger partial charge in [-0.25, -0.2) is 4.79 Å². The van der Waals surface area contributed by atoms with Crippen molar-refractivity contribution in [3.63, 3.8) is 0 Å². The number of rotatable bonds is 15. The van der Waals surface area contributed by atoms with Gasteiger partial charge in [0.15, 0.2) is 0 Å². The van der Waals surface area contributed by atoms with Crippen molar-refractivity contribution in [3.8, 4) is 0 Å². The van der Waals surface area contributed by atoms with E-state index in [4.69, 9.17) is 5.73 Å². The zero-order valence-electron chi connectivity index (χ0n) is 23.2. The van der Waals surface area contributed by atoms with E-state index in [9.17, 15) is 24.3 Å². The fourth-order valence-electron chi connectivity index (χ4n) is 4.18. The summed E-state index contributed by atoms with van der Waals surface area (Å²) in [5, 5.41) is 17.8. The highest BCUT2D eigenvalue weighted by Crippen LogP contribution is 2.13. The Hall–Kier alpha value is -3.72. The first-order valence-electron chi connectivity index (χ1n) is 13.5. The number of amides is 3. The molecule has 0 saturated carbocycles. The van der Waals surface area contributed by atoms with Crippen molar-refractivity contribution in [2.45, 2.75) is 77.5 Å². The lowest BCUT2D eigenvalue weighted by Gasteiger charge is -2.29. The molecule has 2 aromatic rings. The number of carboxylic acids is 1. The van der Waals surface area contributed by atoms with Gasteiger partial charge in [0.2, 0.25) is 17.7 Å². The molecule has 0 aliphatic heterocycles. The molecule has 2 aromatic carbocycles. The summed E-state index contributed by atoms with van der Waals surface area (Å²) in [6.45, 7) is 7.29. The van der Waals surface area contributed by atoms with E-state index in [0.29, 0.717) is 19.3 Å². The first-order chi connectivity index (χ1) is 18.6. The van der Waals surface area contributed by atoms with Crippen molar-refractivity contribution in [3.05, 3.63) is 71.8 Å². The molecule has 0 radical (unpaired) electrons. The normalized spacial score (nSPS) is 15.6. The van der Waals surface area contributed by atoms with Crippen molar-refractivity contribution in [2.24, 2.45) is 17.6 Å². The van der Waals surface area contributed by atoms with Gasteiger partial charge in [-0.15, -0.1) is 0 Å². The highest BCUT2D eigenvalue weighted by molar-refractivity contribution is 5.94. The van der Waals surface area contributed by atoms with Crippen LogP contribution in [-0.2, 0) is 32.0 Å². The van der Waals surface area contributed by atoms with Crippen LogP contribution in [0.1, 0.15) is 51.7 Å². The Balaban J connectivity index is 2.23. The number of aliphatic carboxylic acids is 1. The number of hydrogen-bond donors (Lipinski definition) is 5. The third-order valence-corrected chi connectivity index (χ3v) is 7.12. The molecule has 0 fully saturated rings. The van der Waals surface area contributed by atoms with Crippen LogP contribution in [0, 0.1) is 11.8 Å². The Labute approximate surface area is 230 Å². The van der Waals surface area contributed by atoms with Crippen molar-refractivity contribution >= 4 is 23.7 Å². The third-order valence-electron chi connectivity index (χ3n) is 7.12. The second-order valence-corrected chi connectivity index (χ2v) is 10.1. The molecule has 9 heteroatoms. The van der Waals surface area contributed by atoms with Gasteiger partial charge in [0, 0.05) is 6.42 Å². The molecule has 2 rings (SSSR count). The number of carboxylic acid groups (broad SMARTS) is 1. The summed E-state index contributed by atoms with van der Waals surface area (Å²) >= 11 is 0. The second kappa shape index (κ2) is 15.6. The third kappa shape index (κ3) is 9.83. The molecule has 6 atom stereocenters. The summed E-state index contributed by atoms with van der Waals surface area (Å²) in [5.41, 5.74) is 7.89. The van der Waals surface area contributed by atoms with Gasteiger partial charge in [0.25, 0.3) is 0 Å². The molecular formula is C30H42N4O5. The Morgan fingerprint density at radius 1 is 0.692 bits per heavy atom. The lowest BCUT2D eigenvalue weighted by Crippen LogP contribution is -2.59. The lowest BCUT2D eigenvalue weighted by atomic mass is 9.94. The summed E-state index contributed by atoms with van der Waals surface area (Å²) in [6.07, 6.45) is 1.62. The predicted molar refractivity (Wildman–Crippen MR) is 151 cm³/mol. The van der Waals surface area contributed by atoms with Crippen molar-refractivity contribution < 1.29 is 24.3 Å². The molecule has 6 N–H and O–H groups in total. The van der Waals surface area contributed by atoms with E-state index in [2.05, 4.69) is 16.0 Å². The van der Waals surface area contributed by atoms with Gasteiger partial charge in [0.05, 0.1) is 6.04 Å². The Morgan fingerprint density at radius 2 is 1.15 bits per heavy atom. The largest absolute Gasteiger partial charge is 0.480 e. The highest BCUT2D eigenvalue weighted by Gasteiger charge is 2.34. The smallest absolute Gasteiger partial charge is 0.326 e.